The number of carbonyl (C=O) groups is 3. The summed E-state index contributed by atoms with van der Waals surface area (Å²) < 4.78 is 5.35. The summed E-state index contributed by atoms with van der Waals surface area (Å²) in [7, 11) is 0. The second-order valence-electron chi connectivity index (χ2n) is 7.79. The Kier molecular flexibility index (Phi) is 7.14. The molecule has 1 aliphatic carbocycles. The van der Waals surface area contributed by atoms with Crippen molar-refractivity contribution in [2.45, 2.75) is 39.0 Å². The van der Waals surface area contributed by atoms with Crippen molar-refractivity contribution in [3.63, 3.8) is 0 Å². The molecule has 1 aromatic carbocycles. The fraction of sp³-hybridized carbons (Fsp3) is 0.280. The highest BCUT2D eigenvalue weighted by Gasteiger charge is 2.28. The zero-order valence-electron chi connectivity index (χ0n) is 18.3. The number of nitrogens with one attached hydrogen (secondary N) is 2. The fourth-order valence-corrected chi connectivity index (χ4v) is 5.04. The van der Waals surface area contributed by atoms with Crippen LogP contribution in [0.25, 0.3) is 0 Å². The zero-order valence-corrected chi connectivity index (χ0v) is 19.2. The van der Waals surface area contributed by atoms with Crippen LogP contribution in [0.4, 0.5) is 10.7 Å². The molecule has 0 spiro atoms. The first kappa shape index (κ1) is 22.7. The van der Waals surface area contributed by atoms with E-state index in [1.807, 2.05) is 24.3 Å². The van der Waals surface area contributed by atoms with Crippen molar-refractivity contribution in [2.75, 3.05) is 17.2 Å². The second kappa shape index (κ2) is 10.4. The van der Waals surface area contributed by atoms with Crippen LogP contribution in [-0.2, 0) is 28.8 Å². The Hall–Kier alpha value is -3.52. The molecule has 0 unspecified atom stereocenters. The van der Waals surface area contributed by atoms with Gasteiger partial charge in [0.15, 0.2) is 6.61 Å². The molecule has 0 saturated heterocycles. The predicted octanol–water partition coefficient (Wildman–Crippen LogP) is 4.63. The molecule has 0 fully saturated rings. The fourth-order valence-electron chi connectivity index (χ4n) is 3.77. The van der Waals surface area contributed by atoms with Crippen LogP contribution in [0.15, 0.2) is 48.8 Å². The maximum absolute atomic E-state index is 13.0. The summed E-state index contributed by atoms with van der Waals surface area (Å²) in [5, 5.41) is 6.03. The van der Waals surface area contributed by atoms with Crippen molar-refractivity contribution in [1.82, 2.24) is 4.98 Å². The molecule has 170 valence electrons. The Morgan fingerprint density at radius 1 is 1.06 bits per heavy atom. The molecule has 0 radical (unpaired) electrons. The third kappa shape index (κ3) is 5.46. The van der Waals surface area contributed by atoms with Gasteiger partial charge in [-0.15, -0.1) is 11.3 Å². The van der Waals surface area contributed by atoms with Crippen LogP contribution in [0, 0.1) is 0 Å². The van der Waals surface area contributed by atoms with Crippen LogP contribution >= 0.6 is 11.3 Å². The molecule has 2 amide bonds. The van der Waals surface area contributed by atoms with Gasteiger partial charge in [-0.05, 0) is 67.5 Å². The number of esters is 1. The van der Waals surface area contributed by atoms with Crippen molar-refractivity contribution in [3.05, 3.63) is 75.9 Å². The number of benzene rings is 1. The Bertz CT molecular complexity index is 1160. The van der Waals surface area contributed by atoms with Gasteiger partial charge in [-0.25, -0.2) is 4.79 Å². The quantitative estimate of drug-likeness (QED) is 0.498. The molecule has 3 aromatic rings. The first-order valence-electron chi connectivity index (χ1n) is 11.0. The molecular weight excluding hydrogens is 438 g/mol. The van der Waals surface area contributed by atoms with Crippen LogP contribution in [0.5, 0.6) is 0 Å². The number of amides is 2. The minimum atomic E-state index is -0.604. The lowest BCUT2D eigenvalue weighted by molar-refractivity contribution is -0.119. The number of aromatic nitrogens is 1. The number of aryl methyl sites for hydroxylation is 2. The maximum Gasteiger partial charge on any atom is 0.341 e. The summed E-state index contributed by atoms with van der Waals surface area (Å²) in [5.41, 5.74) is 3.48. The number of thiophene rings is 1. The van der Waals surface area contributed by atoms with Gasteiger partial charge in [0.05, 0.1) is 11.1 Å². The molecule has 0 saturated carbocycles. The lowest BCUT2D eigenvalue weighted by Gasteiger charge is -2.13. The summed E-state index contributed by atoms with van der Waals surface area (Å²) >= 11 is 1.40. The van der Waals surface area contributed by atoms with Gasteiger partial charge in [0, 0.05) is 23.0 Å². The van der Waals surface area contributed by atoms with Crippen LogP contribution in [0.2, 0.25) is 0 Å². The number of anilines is 2. The number of rotatable bonds is 7. The third-order valence-corrected chi connectivity index (χ3v) is 6.71. The predicted molar refractivity (Wildman–Crippen MR) is 128 cm³/mol. The van der Waals surface area contributed by atoms with E-state index in [1.165, 1.54) is 23.1 Å². The van der Waals surface area contributed by atoms with E-state index in [0.29, 0.717) is 21.8 Å². The van der Waals surface area contributed by atoms with E-state index in [-0.39, 0.29) is 5.91 Å². The number of nitrogens with zero attached hydrogens (tertiary/aromatic N) is 1. The second-order valence-corrected chi connectivity index (χ2v) is 8.89. The van der Waals surface area contributed by atoms with E-state index in [4.69, 9.17) is 4.74 Å². The number of ether oxygens (including phenoxy) is 1. The van der Waals surface area contributed by atoms with Crippen molar-refractivity contribution in [3.8, 4) is 0 Å². The summed E-state index contributed by atoms with van der Waals surface area (Å²) in [5.74, 6) is -1.37. The minimum Gasteiger partial charge on any atom is -0.452 e. The van der Waals surface area contributed by atoms with Crippen LogP contribution in [0.1, 0.15) is 56.5 Å². The van der Waals surface area contributed by atoms with Gasteiger partial charge in [-0.2, -0.15) is 0 Å². The van der Waals surface area contributed by atoms with E-state index >= 15 is 0 Å². The van der Waals surface area contributed by atoms with E-state index in [1.54, 1.807) is 18.3 Å². The molecule has 8 heteroatoms. The van der Waals surface area contributed by atoms with Gasteiger partial charge in [0.1, 0.15) is 5.00 Å². The van der Waals surface area contributed by atoms with Gasteiger partial charge >= 0.3 is 5.97 Å². The monoisotopic (exact) mass is 463 g/mol. The van der Waals surface area contributed by atoms with Gasteiger partial charge in [-0.1, -0.05) is 19.1 Å². The highest BCUT2D eigenvalue weighted by atomic mass is 32.1. The minimum absolute atomic E-state index is 0.344. The van der Waals surface area contributed by atoms with Crippen molar-refractivity contribution >= 4 is 39.8 Å². The zero-order chi connectivity index (χ0) is 23.2. The molecule has 0 atom stereocenters. The lowest BCUT2D eigenvalue weighted by Crippen LogP contribution is -2.22. The van der Waals surface area contributed by atoms with E-state index < -0.39 is 18.5 Å². The Morgan fingerprint density at radius 3 is 2.58 bits per heavy atom. The van der Waals surface area contributed by atoms with Gasteiger partial charge < -0.3 is 15.4 Å². The van der Waals surface area contributed by atoms with E-state index in [9.17, 15) is 14.4 Å². The molecule has 33 heavy (non-hydrogen) atoms. The van der Waals surface area contributed by atoms with Crippen molar-refractivity contribution < 1.29 is 19.1 Å². The molecule has 4 rings (SSSR count). The Labute approximate surface area is 196 Å². The Morgan fingerprint density at radius 2 is 1.85 bits per heavy atom. The molecule has 2 N–H and O–H groups in total. The summed E-state index contributed by atoms with van der Waals surface area (Å²) in [6, 6.07) is 10.9. The third-order valence-electron chi connectivity index (χ3n) is 5.51. The number of pyridine rings is 1. The van der Waals surface area contributed by atoms with Crippen LogP contribution in [0.3, 0.4) is 0 Å². The average molecular weight is 464 g/mol. The SMILES string of the molecule is CCc1ccc(NC(=O)COC(=O)c2c(NC(=O)c3cccnc3)sc3c2CCCC3)cc1. The number of carbonyl (C=O) groups excluding carboxylic acids is 3. The molecule has 2 aromatic heterocycles. The molecule has 0 aliphatic heterocycles. The largest absolute Gasteiger partial charge is 0.452 e. The summed E-state index contributed by atoms with van der Waals surface area (Å²) in [4.78, 5) is 43.0. The van der Waals surface area contributed by atoms with Gasteiger partial charge in [0.25, 0.3) is 11.8 Å². The van der Waals surface area contributed by atoms with E-state index in [2.05, 4.69) is 22.5 Å². The number of hydrogen-bond acceptors (Lipinski definition) is 6. The molecule has 0 bridgehead atoms. The smallest absolute Gasteiger partial charge is 0.341 e. The highest BCUT2D eigenvalue weighted by Crippen LogP contribution is 2.38. The van der Waals surface area contributed by atoms with Gasteiger partial charge in [0.2, 0.25) is 0 Å². The number of hydrogen-bond donors (Lipinski definition) is 2. The molecule has 7 nitrogen and oxygen atoms in total. The maximum atomic E-state index is 13.0. The lowest BCUT2D eigenvalue weighted by atomic mass is 9.95. The van der Waals surface area contributed by atoms with Crippen LogP contribution < -0.4 is 10.6 Å². The van der Waals surface area contributed by atoms with Crippen LogP contribution in [-0.4, -0.2) is 29.4 Å². The first-order valence-corrected chi connectivity index (χ1v) is 11.8. The normalized spacial score (nSPS) is 12.5. The van der Waals surface area contributed by atoms with Crippen molar-refractivity contribution in [1.29, 1.82) is 0 Å². The molecular formula is C25H25N3O4S. The Balaban J connectivity index is 1.46. The summed E-state index contributed by atoms with van der Waals surface area (Å²) in [6.07, 6.45) is 7.58. The summed E-state index contributed by atoms with van der Waals surface area (Å²) in [6.45, 7) is 1.65. The first-order chi connectivity index (χ1) is 16.0. The molecule has 2 heterocycles. The van der Waals surface area contributed by atoms with Gasteiger partial charge in [-0.3, -0.25) is 14.6 Å². The topological polar surface area (TPSA) is 97.4 Å². The van der Waals surface area contributed by atoms with Crippen molar-refractivity contribution in [2.24, 2.45) is 0 Å². The standard InChI is InChI=1S/C25H25N3O4S/c1-2-16-9-11-18(12-10-16)27-21(29)15-32-25(31)22-19-7-3-4-8-20(19)33-24(22)28-23(30)17-6-5-13-26-14-17/h5-6,9-14H,2-4,7-8,15H2,1H3,(H,27,29)(H,28,30). The van der Waals surface area contributed by atoms with E-state index in [0.717, 1.165) is 42.5 Å². The number of fused-ring (bicyclic) bond motifs is 1. The highest BCUT2D eigenvalue weighted by molar-refractivity contribution is 7.17. The average Bonchev–Trinajstić information content (AvgIpc) is 3.21. The molecule has 1 aliphatic rings.